The average molecular weight is 232 g/mol. The highest BCUT2D eigenvalue weighted by Gasteiger charge is 2.26. The van der Waals surface area contributed by atoms with Crippen molar-refractivity contribution in [2.75, 3.05) is 32.0 Å². The van der Waals surface area contributed by atoms with E-state index in [1.54, 1.807) is 0 Å². The lowest BCUT2D eigenvalue weighted by atomic mass is 9.86. The van der Waals surface area contributed by atoms with Gasteiger partial charge in [-0.15, -0.1) is 0 Å². The van der Waals surface area contributed by atoms with E-state index in [1.165, 1.54) is 17.5 Å². The standard InChI is InChI=1S/C14H20N2O/c15-14-3-1-2-11-10-12(4-5-13(11)14)16-6-8-17-9-7-16/h1-3,12H,4-10,15H2. The summed E-state index contributed by atoms with van der Waals surface area (Å²) in [6.45, 7) is 3.95. The highest BCUT2D eigenvalue weighted by molar-refractivity contribution is 5.52. The lowest BCUT2D eigenvalue weighted by Gasteiger charge is -2.37. The quantitative estimate of drug-likeness (QED) is 0.745. The Morgan fingerprint density at radius 2 is 2.06 bits per heavy atom. The van der Waals surface area contributed by atoms with Crippen LogP contribution < -0.4 is 5.73 Å². The van der Waals surface area contributed by atoms with E-state index in [4.69, 9.17) is 10.5 Å². The Morgan fingerprint density at radius 3 is 2.88 bits per heavy atom. The maximum atomic E-state index is 6.03. The van der Waals surface area contributed by atoms with Crippen molar-refractivity contribution in [1.82, 2.24) is 4.90 Å². The van der Waals surface area contributed by atoms with Gasteiger partial charge in [0.15, 0.2) is 0 Å². The fraction of sp³-hybridized carbons (Fsp3) is 0.571. The van der Waals surface area contributed by atoms with Gasteiger partial charge in [-0.05, 0) is 36.5 Å². The van der Waals surface area contributed by atoms with E-state index >= 15 is 0 Å². The number of anilines is 1. The lowest BCUT2D eigenvalue weighted by molar-refractivity contribution is 0.0137. The first-order valence-corrected chi connectivity index (χ1v) is 6.52. The molecule has 3 rings (SSSR count). The SMILES string of the molecule is Nc1cccc2c1CCC(N1CCOCC1)C2. The molecule has 0 amide bonds. The van der Waals surface area contributed by atoms with Gasteiger partial charge in [0.2, 0.25) is 0 Å². The van der Waals surface area contributed by atoms with Gasteiger partial charge < -0.3 is 10.5 Å². The summed E-state index contributed by atoms with van der Waals surface area (Å²) in [5.74, 6) is 0. The molecule has 1 aliphatic heterocycles. The number of nitrogens with two attached hydrogens (primary N) is 1. The second kappa shape index (κ2) is 4.67. The zero-order valence-corrected chi connectivity index (χ0v) is 10.2. The van der Waals surface area contributed by atoms with Gasteiger partial charge in [-0.2, -0.15) is 0 Å². The highest BCUT2D eigenvalue weighted by Crippen LogP contribution is 2.28. The van der Waals surface area contributed by atoms with E-state index in [0.717, 1.165) is 44.8 Å². The fourth-order valence-electron chi connectivity index (χ4n) is 3.07. The van der Waals surface area contributed by atoms with Crippen LogP contribution >= 0.6 is 0 Å². The van der Waals surface area contributed by atoms with E-state index < -0.39 is 0 Å². The van der Waals surface area contributed by atoms with Gasteiger partial charge in [0, 0.05) is 24.8 Å². The van der Waals surface area contributed by atoms with Crippen LogP contribution in [0.25, 0.3) is 0 Å². The number of nitrogen functional groups attached to an aromatic ring is 1. The molecule has 1 atom stereocenters. The fourth-order valence-corrected chi connectivity index (χ4v) is 3.07. The van der Waals surface area contributed by atoms with E-state index in [9.17, 15) is 0 Å². The minimum Gasteiger partial charge on any atom is -0.398 e. The third-order valence-corrected chi connectivity index (χ3v) is 4.05. The number of hydrogen-bond donors (Lipinski definition) is 1. The number of morpholine rings is 1. The van der Waals surface area contributed by atoms with Crippen LogP contribution in [0.15, 0.2) is 18.2 Å². The predicted octanol–water partition coefficient (Wildman–Crippen LogP) is 1.46. The minimum atomic E-state index is 0.688. The molecular formula is C14H20N2O. The lowest BCUT2D eigenvalue weighted by Crippen LogP contribution is -2.45. The first-order valence-electron chi connectivity index (χ1n) is 6.52. The summed E-state index contributed by atoms with van der Waals surface area (Å²) >= 11 is 0. The largest absolute Gasteiger partial charge is 0.398 e. The maximum Gasteiger partial charge on any atom is 0.0594 e. The van der Waals surface area contributed by atoms with Gasteiger partial charge in [0.25, 0.3) is 0 Å². The van der Waals surface area contributed by atoms with Crippen molar-refractivity contribution in [3.8, 4) is 0 Å². The van der Waals surface area contributed by atoms with Crippen LogP contribution in [0.5, 0.6) is 0 Å². The van der Waals surface area contributed by atoms with Gasteiger partial charge in [-0.3, -0.25) is 4.90 Å². The molecule has 2 N–H and O–H groups in total. The molecule has 1 aromatic carbocycles. The molecule has 92 valence electrons. The number of benzene rings is 1. The van der Waals surface area contributed by atoms with Crippen molar-refractivity contribution in [2.45, 2.75) is 25.3 Å². The van der Waals surface area contributed by atoms with Gasteiger partial charge >= 0.3 is 0 Å². The second-order valence-corrected chi connectivity index (χ2v) is 5.03. The number of nitrogens with zero attached hydrogens (tertiary/aromatic N) is 1. The van der Waals surface area contributed by atoms with E-state index in [0.29, 0.717) is 6.04 Å². The number of rotatable bonds is 1. The second-order valence-electron chi connectivity index (χ2n) is 5.03. The minimum absolute atomic E-state index is 0.688. The zero-order valence-electron chi connectivity index (χ0n) is 10.2. The Kier molecular flexibility index (Phi) is 3.04. The molecule has 1 aliphatic carbocycles. The molecule has 0 aromatic heterocycles. The summed E-state index contributed by atoms with van der Waals surface area (Å²) in [7, 11) is 0. The van der Waals surface area contributed by atoms with Crippen LogP contribution in [0.1, 0.15) is 17.5 Å². The first kappa shape index (κ1) is 11.1. The van der Waals surface area contributed by atoms with E-state index in [2.05, 4.69) is 17.0 Å². The van der Waals surface area contributed by atoms with Crippen LogP contribution in [0, 0.1) is 0 Å². The molecule has 1 fully saturated rings. The third-order valence-electron chi connectivity index (χ3n) is 4.05. The van der Waals surface area contributed by atoms with Gasteiger partial charge in [-0.1, -0.05) is 12.1 Å². The molecule has 1 saturated heterocycles. The molecule has 0 saturated carbocycles. The van der Waals surface area contributed by atoms with E-state index in [1.807, 2.05) is 6.07 Å². The Hall–Kier alpha value is -1.06. The normalized spacial score (nSPS) is 25.5. The molecule has 1 aromatic rings. The molecule has 0 spiro atoms. The monoisotopic (exact) mass is 232 g/mol. The summed E-state index contributed by atoms with van der Waals surface area (Å²) in [5.41, 5.74) is 9.84. The molecule has 1 unspecified atom stereocenters. The average Bonchev–Trinajstić information content (AvgIpc) is 2.40. The van der Waals surface area contributed by atoms with Crippen molar-refractivity contribution >= 4 is 5.69 Å². The van der Waals surface area contributed by atoms with Crippen LogP contribution in [0.4, 0.5) is 5.69 Å². The zero-order chi connectivity index (χ0) is 11.7. The summed E-state index contributed by atoms with van der Waals surface area (Å²) in [6, 6.07) is 7.02. The smallest absolute Gasteiger partial charge is 0.0594 e. The van der Waals surface area contributed by atoms with Gasteiger partial charge in [0.1, 0.15) is 0 Å². The Labute approximate surface area is 103 Å². The molecule has 17 heavy (non-hydrogen) atoms. The molecule has 1 heterocycles. The van der Waals surface area contributed by atoms with Gasteiger partial charge in [-0.25, -0.2) is 0 Å². The number of hydrogen-bond acceptors (Lipinski definition) is 3. The number of fused-ring (bicyclic) bond motifs is 1. The molecule has 3 nitrogen and oxygen atoms in total. The third kappa shape index (κ3) is 2.17. The topological polar surface area (TPSA) is 38.5 Å². The molecule has 0 bridgehead atoms. The Balaban J connectivity index is 1.76. The molecule has 3 heteroatoms. The van der Waals surface area contributed by atoms with Crippen molar-refractivity contribution in [3.63, 3.8) is 0 Å². The predicted molar refractivity (Wildman–Crippen MR) is 69.1 cm³/mol. The molecular weight excluding hydrogens is 212 g/mol. The van der Waals surface area contributed by atoms with Gasteiger partial charge in [0.05, 0.1) is 13.2 Å². The van der Waals surface area contributed by atoms with Crippen LogP contribution in [-0.2, 0) is 17.6 Å². The van der Waals surface area contributed by atoms with Crippen LogP contribution in [0.2, 0.25) is 0 Å². The molecule has 2 aliphatic rings. The summed E-state index contributed by atoms with van der Waals surface area (Å²) in [5, 5.41) is 0. The van der Waals surface area contributed by atoms with Crippen molar-refractivity contribution in [1.29, 1.82) is 0 Å². The van der Waals surface area contributed by atoms with Crippen molar-refractivity contribution in [3.05, 3.63) is 29.3 Å². The Bertz CT molecular complexity index is 399. The summed E-state index contributed by atoms with van der Waals surface area (Å²) in [6.07, 6.45) is 3.52. The van der Waals surface area contributed by atoms with Crippen molar-refractivity contribution in [2.24, 2.45) is 0 Å². The first-order chi connectivity index (χ1) is 8.34. The van der Waals surface area contributed by atoms with Crippen LogP contribution in [0.3, 0.4) is 0 Å². The Morgan fingerprint density at radius 1 is 1.24 bits per heavy atom. The van der Waals surface area contributed by atoms with E-state index in [-0.39, 0.29) is 0 Å². The molecule has 0 radical (unpaired) electrons. The summed E-state index contributed by atoms with van der Waals surface area (Å²) < 4.78 is 5.42. The summed E-state index contributed by atoms with van der Waals surface area (Å²) in [4.78, 5) is 2.58. The van der Waals surface area contributed by atoms with Crippen molar-refractivity contribution < 1.29 is 4.74 Å². The van der Waals surface area contributed by atoms with Crippen LogP contribution in [-0.4, -0.2) is 37.2 Å². The maximum absolute atomic E-state index is 6.03. The highest BCUT2D eigenvalue weighted by atomic mass is 16.5. The number of ether oxygens (including phenoxy) is 1.